The Bertz CT molecular complexity index is 737. The van der Waals surface area contributed by atoms with E-state index in [9.17, 15) is 22.8 Å². The molecule has 1 heterocycles. The fourth-order valence-electron chi connectivity index (χ4n) is 4.50. The van der Waals surface area contributed by atoms with Crippen molar-refractivity contribution in [1.82, 2.24) is 14.7 Å². The highest BCUT2D eigenvalue weighted by molar-refractivity contribution is 5.94. The molecular formula is C22H30F3N3O2. The molecule has 0 unspecified atom stereocenters. The number of carbonyl (C=O) groups is 2. The molecule has 2 fully saturated rings. The van der Waals surface area contributed by atoms with Gasteiger partial charge in [0.25, 0.3) is 5.91 Å². The van der Waals surface area contributed by atoms with Crippen molar-refractivity contribution in [1.29, 1.82) is 0 Å². The molecule has 2 amide bonds. The fraction of sp³-hybridized carbons (Fsp3) is 0.636. The van der Waals surface area contributed by atoms with Gasteiger partial charge >= 0.3 is 6.18 Å². The summed E-state index contributed by atoms with van der Waals surface area (Å²) < 4.78 is 38.2. The molecule has 3 rings (SSSR count). The lowest BCUT2D eigenvalue weighted by atomic mass is 9.94. The van der Waals surface area contributed by atoms with Crippen LogP contribution in [0.15, 0.2) is 24.3 Å². The van der Waals surface area contributed by atoms with Gasteiger partial charge in [-0.25, -0.2) is 0 Å². The average Bonchev–Trinajstić information content (AvgIpc) is 3.27. The number of likely N-dealkylation sites (N-methyl/N-ethyl adjacent to an activating group) is 1. The Labute approximate surface area is 175 Å². The maximum atomic E-state index is 13.0. The van der Waals surface area contributed by atoms with Gasteiger partial charge in [-0.2, -0.15) is 13.2 Å². The molecule has 166 valence electrons. The van der Waals surface area contributed by atoms with E-state index < -0.39 is 11.7 Å². The van der Waals surface area contributed by atoms with Crippen molar-refractivity contribution in [3.05, 3.63) is 35.4 Å². The molecule has 1 aliphatic carbocycles. The molecule has 0 bridgehead atoms. The smallest absolute Gasteiger partial charge is 0.345 e. The predicted octanol–water partition coefficient (Wildman–Crippen LogP) is 3.50. The maximum Gasteiger partial charge on any atom is 0.416 e. The number of halogens is 3. The van der Waals surface area contributed by atoms with Crippen LogP contribution in [0.3, 0.4) is 0 Å². The highest BCUT2D eigenvalue weighted by Gasteiger charge is 2.38. The van der Waals surface area contributed by atoms with E-state index in [-0.39, 0.29) is 23.4 Å². The molecule has 0 spiro atoms. The molecule has 0 N–H and O–H groups in total. The van der Waals surface area contributed by atoms with Gasteiger partial charge in [-0.05, 0) is 49.9 Å². The second-order valence-electron chi connectivity index (χ2n) is 8.25. The van der Waals surface area contributed by atoms with Gasteiger partial charge in [-0.15, -0.1) is 0 Å². The minimum absolute atomic E-state index is 0.145. The van der Waals surface area contributed by atoms with Crippen LogP contribution in [0.25, 0.3) is 0 Å². The number of rotatable bonds is 5. The van der Waals surface area contributed by atoms with E-state index in [1.54, 1.807) is 9.80 Å². The standard InChI is InChI=1S/C22H30F3N3O2/c1-3-26(2)21(30)19(16-6-4-5-7-16)27-12-14-28(15-13-27)20(29)17-8-10-18(11-9-17)22(23,24)25/h8-11,16,19H,3-7,12-15H2,1-2H3/t19-/m0/s1. The van der Waals surface area contributed by atoms with Gasteiger partial charge in [0, 0.05) is 45.3 Å². The molecule has 1 saturated carbocycles. The summed E-state index contributed by atoms with van der Waals surface area (Å²) in [5, 5.41) is 0. The summed E-state index contributed by atoms with van der Waals surface area (Å²) in [4.78, 5) is 31.4. The third-order valence-corrected chi connectivity index (χ3v) is 6.40. The highest BCUT2D eigenvalue weighted by atomic mass is 19.4. The lowest BCUT2D eigenvalue weighted by Crippen LogP contribution is -2.58. The minimum atomic E-state index is -4.42. The van der Waals surface area contributed by atoms with Gasteiger partial charge in [-0.1, -0.05) is 12.8 Å². The van der Waals surface area contributed by atoms with Crippen LogP contribution in [0.4, 0.5) is 13.2 Å². The summed E-state index contributed by atoms with van der Waals surface area (Å²) in [6, 6.07) is 4.20. The van der Waals surface area contributed by atoms with E-state index in [2.05, 4.69) is 4.90 Å². The van der Waals surface area contributed by atoms with E-state index in [0.717, 1.165) is 37.8 Å². The number of carbonyl (C=O) groups excluding carboxylic acids is 2. The van der Waals surface area contributed by atoms with E-state index in [0.29, 0.717) is 38.6 Å². The first-order valence-electron chi connectivity index (χ1n) is 10.7. The topological polar surface area (TPSA) is 43.9 Å². The van der Waals surface area contributed by atoms with Gasteiger partial charge in [-0.3, -0.25) is 14.5 Å². The Kier molecular flexibility index (Phi) is 7.06. The third kappa shape index (κ3) is 4.96. The van der Waals surface area contributed by atoms with Crippen molar-refractivity contribution < 1.29 is 22.8 Å². The Hall–Kier alpha value is -2.09. The van der Waals surface area contributed by atoms with Gasteiger partial charge in [0.05, 0.1) is 11.6 Å². The van der Waals surface area contributed by atoms with Gasteiger partial charge < -0.3 is 9.80 Å². The summed E-state index contributed by atoms with van der Waals surface area (Å²) in [6.45, 7) is 4.74. The number of piperazine rings is 1. The number of nitrogens with zero attached hydrogens (tertiary/aromatic N) is 3. The van der Waals surface area contributed by atoms with E-state index in [1.807, 2.05) is 14.0 Å². The summed E-state index contributed by atoms with van der Waals surface area (Å²) in [6.07, 6.45) is -0.00865. The van der Waals surface area contributed by atoms with E-state index >= 15 is 0 Å². The maximum absolute atomic E-state index is 13.0. The van der Waals surface area contributed by atoms with Crippen LogP contribution in [0, 0.1) is 5.92 Å². The molecule has 8 heteroatoms. The van der Waals surface area contributed by atoms with Crippen LogP contribution < -0.4 is 0 Å². The predicted molar refractivity (Wildman–Crippen MR) is 108 cm³/mol. The van der Waals surface area contributed by atoms with Crippen molar-refractivity contribution in [3.63, 3.8) is 0 Å². The van der Waals surface area contributed by atoms with Crippen LogP contribution in [-0.2, 0) is 11.0 Å². The average molecular weight is 425 g/mol. The fourth-order valence-corrected chi connectivity index (χ4v) is 4.50. The summed E-state index contributed by atoms with van der Waals surface area (Å²) >= 11 is 0. The van der Waals surface area contributed by atoms with Gasteiger partial charge in [0.2, 0.25) is 5.91 Å². The molecule has 1 aromatic rings. The first kappa shape index (κ1) is 22.6. The number of amides is 2. The normalized spacial score (nSPS) is 19.7. The molecule has 5 nitrogen and oxygen atoms in total. The molecule has 0 aromatic heterocycles. The Balaban J connectivity index is 1.64. The lowest BCUT2D eigenvalue weighted by Gasteiger charge is -2.42. The van der Waals surface area contributed by atoms with Gasteiger partial charge in [0.1, 0.15) is 0 Å². The Morgan fingerprint density at radius 3 is 2.13 bits per heavy atom. The quantitative estimate of drug-likeness (QED) is 0.725. The minimum Gasteiger partial charge on any atom is -0.345 e. The van der Waals surface area contributed by atoms with Crippen LogP contribution in [-0.4, -0.2) is 72.3 Å². The van der Waals surface area contributed by atoms with Crippen molar-refractivity contribution in [3.8, 4) is 0 Å². The molecule has 2 aliphatic rings. The molecule has 1 aliphatic heterocycles. The van der Waals surface area contributed by atoms with Crippen LogP contribution in [0.2, 0.25) is 0 Å². The first-order chi connectivity index (χ1) is 14.2. The summed E-state index contributed by atoms with van der Waals surface area (Å²) in [5.41, 5.74) is -0.507. The first-order valence-corrected chi connectivity index (χ1v) is 10.7. The second-order valence-corrected chi connectivity index (χ2v) is 8.25. The molecule has 1 atom stereocenters. The van der Waals surface area contributed by atoms with Crippen LogP contribution in [0.1, 0.15) is 48.5 Å². The summed E-state index contributed by atoms with van der Waals surface area (Å²) in [5.74, 6) is 0.230. The molecule has 0 radical (unpaired) electrons. The van der Waals surface area contributed by atoms with Crippen molar-refractivity contribution in [2.75, 3.05) is 39.8 Å². The number of hydrogen-bond donors (Lipinski definition) is 0. The second kappa shape index (κ2) is 9.37. The third-order valence-electron chi connectivity index (χ3n) is 6.40. The van der Waals surface area contributed by atoms with Crippen LogP contribution >= 0.6 is 0 Å². The van der Waals surface area contributed by atoms with E-state index in [1.165, 1.54) is 12.1 Å². The Morgan fingerprint density at radius 2 is 1.63 bits per heavy atom. The zero-order valence-electron chi connectivity index (χ0n) is 17.6. The lowest BCUT2D eigenvalue weighted by molar-refractivity contribution is -0.138. The molecule has 1 aromatic carbocycles. The number of hydrogen-bond acceptors (Lipinski definition) is 3. The monoisotopic (exact) mass is 425 g/mol. The largest absolute Gasteiger partial charge is 0.416 e. The highest BCUT2D eigenvalue weighted by Crippen LogP contribution is 2.32. The Morgan fingerprint density at radius 1 is 1.07 bits per heavy atom. The molecular weight excluding hydrogens is 395 g/mol. The van der Waals surface area contributed by atoms with Crippen molar-refractivity contribution in [2.45, 2.75) is 44.8 Å². The summed E-state index contributed by atoms with van der Waals surface area (Å²) in [7, 11) is 1.83. The zero-order chi connectivity index (χ0) is 21.9. The molecule has 30 heavy (non-hydrogen) atoms. The van der Waals surface area contributed by atoms with E-state index in [4.69, 9.17) is 0 Å². The SMILES string of the molecule is CCN(C)C(=O)[C@H](C1CCCC1)N1CCN(C(=O)c2ccc(C(F)(F)F)cc2)CC1. The van der Waals surface area contributed by atoms with Crippen LogP contribution in [0.5, 0.6) is 0 Å². The molecule has 1 saturated heterocycles. The zero-order valence-corrected chi connectivity index (χ0v) is 17.6. The van der Waals surface area contributed by atoms with Crippen molar-refractivity contribution in [2.24, 2.45) is 5.92 Å². The van der Waals surface area contributed by atoms with Gasteiger partial charge in [0.15, 0.2) is 0 Å². The number of alkyl halides is 3. The van der Waals surface area contributed by atoms with Crippen molar-refractivity contribution >= 4 is 11.8 Å². The number of benzene rings is 1.